The molecule has 8 nitrogen and oxygen atoms in total. The number of hydrogen-bond acceptors (Lipinski definition) is 7. The Balaban J connectivity index is 2.14. The molecule has 1 aliphatic rings. The van der Waals surface area contributed by atoms with Crippen LogP contribution >= 0.6 is 12.2 Å². The first-order valence-electron chi connectivity index (χ1n) is 6.37. The van der Waals surface area contributed by atoms with Gasteiger partial charge in [-0.15, -0.1) is 0 Å². The summed E-state index contributed by atoms with van der Waals surface area (Å²) in [5.41, 5.74) is -0.499. The van der Waals surface area contributed by atoms with Crippen LogP contribution in [0.3, 0.4) is 0 Å². The molecule has 118 valence electrons. The Hall–Kier alpha value is -1.72. The van der Waals surface area contributed by atoms with Gasteiger partial charge in [-0.05, 0) is 0 Å². The maximum Gasteiger partial charge on any atom is 0.255 e. The lowest BCUT2D eigenvalue weighted by atomic mass is 10.0. The molecule has 0 aliphatic carbocycles. The number of H-pyrrole nitrogens is 1. The zero-order valence-corrected chi connectivity index (χ0v) is 11.8. The summed E-state index contributed by atoms with van der Waals surface area (Å²) in [5.74, 6) is -0.959. The van der Waals surface area contributed by atoms with Crippen molar-refractivity contribution in [1.82, 2.24) is 14.4 Å². The largest absolute Gasteiger partial charge is 0.394 e. The number of fused-ring (bicyclic) bond motifs is 1. The molecule has 2 aromatic rings. The molecule has 4 unspecified atom stereocenters. The van der Waals surface area contributed by atoms with Gasteiger partial charge in [0, 0.05) is 11.8 Å². The van der Waals surface area contributed by atoms with Crippen molar-refractivity contribution in [1.29, 1.82) is 0 Å². The van der Waals surface area contributed by atoms with Crippen LogP contribution in [0.15, 0.2) is 17.1 Å². The molecule has 0 spiro atoms. The summed E-state index contributed by atoms with van der Waals surface area (Å²) in [4.78, 5) is 17.5. The van der Waals surface area contributed by atoms with Gasteiger partial charge in [-0.1, -0.05) is 12.2 Å². The lowest BCUT2D eigenvalue weighted by Crippen LogP contribution is -2.32. The Morgan fingerprint density at radius 2 is 2.18 bits per heavy atom. The van der Waals surface area contributed by atoms with Gasteiger partial charge in [-0.25, -0.2) is 4.98 Å². The third-order valence-electron chi connectivity index (χ3n) is 3.51. The molecular weight excluding hydrogens is 317 g/mol. The fourth-order valence-corrected chi connectivity index (χ4v) is 2.65. The molecule has 0 radical (unpaired) electrons. The second-order valence-corrected chi connectivity index (χ2v) is 5.30. The summed E-state index contributed by atoms with van der Waals surface area (Å²) in [7, 11) is 0. The van der Waals surface area contributed by atoms with Crippen LogP contribution in [0.4, 0.5) is 4.39 Å². The zero-order chi connectivity index (χ0) is 16.0. The summed E-state index contributed by atoms with van der Waals surface area (Å²) in [6.45, 7) is -0.489. The third kappa shape index (κ3) is 2.34. The SMILES string of the molecule is O=c1cc(F)n2cc(C3OC(CO)C(O)C3O)c(=S)nc2[nH]1. The molecule has 0 saturated carbocycles. The van der Waals surface area contributed by atoms with Crippen LogP contribution < -0.4 is 5.56 Å². The van der Waals surface area contributed by atoms with Crippen molar-refractivity contribution < 1.29 is 24.4 Å². The van der Waals surface area contributed by atoms with Crippen molar-refractivity contribution in [2.75, 3.05) is 6.61 Å². The number of nitrogens with one attached hydrogen (secondary N) is 1. The quantitative estimate of drug-likeness (QED) is 0.414. The second kappa shape index (κ2) is 5.48. The Labute approximate surface area is 127 Å². The predicted molar refractivity (Wildman–Crippen MR) is 73.3 cm³/mol. The Bertz CT molecular complexity index is 838. The van der Waals surface area contributed by atoms with E-state index >= 15 is 0 Å². The van der Waals surface area contributed by atoms with E-state index in [0.717, 1.165) is 10.5 Å². The maximum absolute atomic E-state index is 13.8. The highest BCUT2D eigenvalue weighted by Crippen LogP contribution is 2.33. The van der Waals surface area contributed by atoms with Crippen molar-refractivity contribution in [2.24, 2.45) is 0 Å². The third-order valence-corrected chi connectivity index (χ3v) is 3.84. The number of nitrogens with zero attached hydrogens (tertiary/aromatic N) is 2. The van der Waals surface area contributed by atoms with E-state index < -0.39 is 42.5 Å². The summed E-state index contributed by atoms with van der Waals surface area (Å²) >= 11 is 5.06. The number of halogens is 1. The van der Waals surface area contributed by atoms with Crippen molar-refractivity contribution in [3.63, 3.8) is 0 Å². The Morgan fingerprint density at radius 1 is 1.45 bits per heavy atom. The first-order chi connectivity index (χ1) is 10.4. The lowest BCUT2D eigenvalue weighted by molar-refractivity contribution is -0.0231. The zero-order valence-electron chi connectivity index (χ0n) is 11.0. The van der Waals surface area contributed by atoms with E-state index in [-0.39, 0.29) is 16.0 Å². The molecule has 0 amide bonds. The molecule has 4 N–H and O–H groups in total. The molecule has 10 heteroatoms. The molecule has 2 aromatic heterocycles. The number of aliphatic hydroxyl groups excluding tert-OH is 3. The van der Waals surface area contributed by atoms with Gasteiger partial charge in [0.15, 0.2) is 0 Å². The molecule has 1 aliphatic heterocycles. The van der Waals surface area contributed by atoms with Crippen LogP contribution in [0, 0.1) is 10.6 Å². The van der Waals surface area contributed by atoms with Crippen LogP contribution in [0.2, 0.25) is 0 Å². The summed E-state index contributed by atoms with van der Waals surface area (Å²) < 4.78 is 20.1. The molecule has 1 saturated heterocycles. The summed E-state index contributed by atoms with van der Waals surface area (Å²) in [6.07, 6.45) is -3.45. The van der Waals surface area contributed by atoms with Gasteiger partial charge in [-0.3, -0.25) is 14.2 Å². The average Bonchev–Trinajstić information content (AvgIpc) is 2.74. The van der Waals surface area contributed by atoms with E-state index in [0.29, 0.717) is 0 Å². The predicted octanol–water partition coefficient (Wildman–Crippen LogP) is -0.955. The number of aromatic amines is 1. The number of rotatable bonds is 2. The number of hydrogen-bond donors (Lipinski definition) is 4. The number of aromatic nitrogens is 3. The molecule has 0 aromatic carbocycles. The Kier molecular flexibility index (Phi) is 3.78. The average molecular weight is 329 g/mol. The van der Waals surface area contributed by atoms with Gasteiger partial charge in [-0.2, -0.15) is 4.39 Å². The van der Waals surface area contributed by atoms with Crippen molar-refractivity contribution in [3.8, 4) is 0 Å². The highest BCUT2D eigenvalue weighted by atomic mass is 32.1. The van der Waals surface area contributed by atoms with Gasteiger partial charge < -0.3 is 20.1 Å². The fraction of sp³-hybridized carbons (Fsp3) is 0.417. The van der Waals surface area contributed by atoms with Gasteiger partial charge in [0.05, 0.1) is 12.7 Å². The molecule has 3 rings (SSSR count). The standard InChI is InChI=1S/C12H12FN3O5S/c13-6-1-7(18)14-12-15-11(22)4(2-16(6)12)10-9(20)8(19)5(3-17)21-10/h1-2,5,8-10,17,19-20H,3H2,(H,14,15,18,22). The number of ether oxygens (including phenoxy) is 1. The first-order valence-corrected chi connectivity index (χ1v) is 6.78. The molecule has 4 atom stereocenters. The molecule has 3 heterocycles. The fourth-order valence-electron chi connectivity index (χ4n) is 2.40. The smallest absolute Gasteiger partial charge is 0.255 e. The highest BCUT2D eigenvalue weighted by molar-refractivity contribution is 7.71. The van der Waals surface area contributed by atoms with E-state index in [2.05, 4.69) is 9.97 Å². The van der Waals surface area contributed by atoms with Crippen molar-refractivity contribution >= 4 is 18.0 Å². The first kappa shape index (κ1) is 15.2. The van der Waals surface area contributed by atoms with E-state index in [9.17, 15) is 19.4 Å². The second-order valence-electron chi connectivity index (χ2n) is 4.91. The van der Waals surface area contributed by atoms with Gasteiger partial charge in [0.2, 0.25) is 11.7 Å². The maximum atomic E-state index is 13.8. The minimum atomic E-state index is -1.34. The summed E-state index contributed by atoms with van der Waals surface area (Å²) in [6, 6.07) is 0.735. The van der Waals surface area contributed by atoms with Gasteiger partial charge in [0.25, 0.3) is 5.56 Å². The Morgan fingerprint density at radius 3 is 2.82 bits per heavy atom. The normalized spacial score (nSPS) is 28.4. The highest BCUT2D eigenvalue weighted by Gasteiger charge is 2.43. The van der Waals surface area contributed by atoms with Crippen LogP contribution in [0.1, 0.15) is 11.7 Å². The van der Waals surface area contributed by atoms with E-state index in [1.54, 1.807) is 0 Å². The summed E-state index contributed by atoms with van der Waals surface area (Å²) in [5, 5.41) is 28.9. The van der Waals surface area contributed by atoms with Crippen LogP contribution in [-0.2, 0) is 4.74 Å². The molecule has 22 heavy (non-hydrogen) atoms. The van der Waals surface area contributed by atoms with Crippen LogP contribution in [0.5, 0.6) is 0 Å². The van der Waals surface area contributed by atoms with Crippen molar-refractivity contribution in [2.45, 2.75) is 24.4 Å². The lowest BCUT2D eigenvalue weighted by Gasteiger charge is -2.15. The minimum absolute atomic E-state index is 0.0175. The van der Waals surface area contributed by atoms with Crippen LogP contribution in [-0.4, -0.2) is 54.6 Å². The minimum Gasteiger partial charge on any atom is -0.394 e. The topological polar surface area (TPSA) is 120 Å². The molecule has 1 fully saturated rings. The molecule has 0 bridgehead atoms. The van der Waals surface area contributed by atoms with Gasteiger partial charge in [0.1, 0.15) is 29.1 Å². The van der Waals surface area contributed by atoms with E-state index in [1.165, 1.54) is 6.20 Å². The van der Waals surface area contributed by atoms with E-state index in [1.807, 2.05) is 0 Å². The van der Waals surface area contributed by atoms with Crippen molar-refractivity contribution in [3.05, 3.63) is 38.8 Å². The van der Waals surface area contributed by atoms with Crippen LogP contribution in [0.25, 0.3) is 5.78 Å². The van der Waals surface area contributed by atoms with Gasteiger partial charge >= 0.3 is 0 Å². The number of aliphatic hydroxyl groups is 3. The van der Waals surface area contributed by atoms with E-state index in [4.69, 9.17) is 22.1 Å². The monoisotopic (exact) mass is 329 g/mol. The molecular formula is C12H12FN3O5S.